The molecule has 1 aromatic carbocycles. The monoisotopic (exact) mass is 313 g/mol. The number of carbonyl (C=O) groups is 1. The largest absolute Gasteiger partial charge is 0.478 e. The zero-order valence-electron chi connectivity index (χ0n) is 13.1. The number of carbonyl (C=O) groups excluding carboxylic acids is 1. The number of aliphatic hydroxyl groups is 1. The van der Waals surface area contributed by atoms with Crippen LogP contribution >= 0.6 is 11.6 Å². The molecule has 0 aliphatic carbocycles. The maximum atomic E-state index is 12.3. The van der Waals surface area contributed by atoms with Crippen molar-refractivity contribution >= 4 is 17.5 Å². The summed E-state index contributed by atoms with van der Waals surface area (Å²) in [6, 6.07) is 6.96. The number of amides is 1. The first-order valence-corrected chi connectivity index (χ1v) is 7.38. The van der Waals surface area contributed by atoms with Crippen LogP contribution < -0.4 is 10.1 Å². The molecule has 1 rings (SSSR count). The summed E-state index contributed by atoms with van der Waals surface area (Å²) in [5.41, 5.74) is -1.16. The van der Waals surface area contributed by atoms with Crippen LogP contribution in [0.1, 0.15) is 34.1 Å². The predicted molar refractivity (Wildman–Crippen MR) is 84.7 cm³/mol. The Hall–Kier alpha value is -1.26. The van der Waals surface area contributed by atoms with Gasteiger partial charge in [-0.3, -0.25) is 4.79 Å². The molecule has 5 heteroatoms. The Morgan fingerprint density at radius 1 is 1.33 bits per heavy atom. The van der Waals surface area contributed by atoms with Crippen LogP contribution in [0.25, 0.3) is 0 Å². The average molecular weight is 314 g/mol. The summed E-state index contributed by atoms with van der Waals surface area (Å²) < 4.78 is 5.72. The zero-order valence-corrected chi connectivity index (χ0v) is 13.8. The van der Waals surface area contributed by atoms with Gasteiger partial charge in [0.25, 0.3) is 5.91 Å². The molecule has 0 heterocycles. The van der Waals surface area contributed by atoms with Gasteiger partial charge in [0.1, 0.15) is 5.75 Å². The third-order valence-corrected chi connectivity index (χ3v) is 3.47. The number of rotatable bonds is 7. The normalized spacial score (nSPS) is 12.1. The molecule has 0 bridgehead atoms. The molecule has 0 aromatic heterocycles. The van der Waals surface area contributed by atoms with Crippen molar-refractivity contribution in [2.45, 2.75) is 39.7 Å². The lowest BCUT2D eigenvalue weighted by Crippen LogP contribution is -2.49. The van der Waals surface area contributed by atoms with Gasteiger partial charge < -0.3 is 15.2 Å². The fourth-order valence-corrected chi connectivity index (χ4v) is 1.98. The van der Waals surface area contributed by atoms with Gasteiger partial charge in [0.05, 0.1) is 0 Å². The Balaban J connectivity index is 2.63. The molecular formula is C16H24ClNO3. The molecule has 0 aliphatic rings. The highest BCUT2D eigenvalue weighted by Crippen LogP contribution is 2.23. The van der Waals surface area contributed by atoms with Crippen LogP contribution in [-0.2, 0) is 4.79 Å². The minimum Gasteiger partial charge on any atom is -0.478 e. The second-order valence-corrected chi connectivity index (χ2v) is 6.83. The molecule has 0 unspecified atom stereocenters. The highest BCUT2D eigenvalue weighted by atomic mass is 35.5. The number of benzene rings is 1. The van der Waals surface area contributed by atoms with Gasteiger partial charge in [0.15, 0.2) is 5.60 Å². The van der Waals surface area contributed by atoms with E-state index in [0.29, 0.717) is 23.7 Å². The van der Waals surface area contributed by atoms with Crippen molar-refractivity contribution in [2.24, 2.45) is 5.41 Å². The van der Waals surface area contributed by atoms with Crippen molar-refractivity contribution in [3.63, 3.8) is 0 Å². The summed E-state index contributed by atoms with van der Waals surface area (Å²) in [4.78, 5) is 12.3. The van der Waals surface area contributed by atoms with Gasteiger partial charge in [-0.2, -0.15) is 0 Å². The minimum absolute atomic E-state index is 0.102. The third kappa shape index (κ3) is 5.94. The van der Waals surface area contributed by atoms with Gasteiger partial charge in [-0.15, -0.1) is 0 Å². The first-order chi connectivity index (χ1) is 9.66. The van der Waals surface area contributed by atoms with Gasteiger partial charge in [-0.1, -0.05) is 31.5 Å². The fourth-order valence-electron chi connectivity index (χ4n) is 1.79. The molecule has 1 aromatic rings. The van der Waals surface area contributed by atoms with Crippen molar-refractivity contribution in [3.8, 4) is 5.75 Å². The molecule has 1 amide bonds. The molecule has 0 spiro atoms. The van der Waals surface area contributed by atoms with E-state index in [1.54, 1.807) is 38.1 Å². The van der Waals surface area contributed by atoms with Crippen LogP contribution in [0.2, 0.25) is 5.02 Å². The first-order valence-electron chi connectivity index (χ1n) is 7.00. The predicted octanol–water partition coefficient (Wildman–Crippen LogP) is 3.02. The smallest absolute Gasteiger partial charge is 0.263 e. The Bertz CT molecular complexity index is 486. The molecule has 0 fully saturated rings. The van der Waals surface area contributed by atoms with Crippen LogP contribution in [-0.4, -0.2) is 29.8 Å². The van der Waals surface area contributed by atoms with Crippen molar-refractivity contribution < 1.29 is 14.6 Å². The van der Waals surface area contributed by atoms with Gasteiger partial charge in [-0.25, -0.2) is 0 Å². The molecular weight excluding hydrogens is 290 g/mol. The van der Waals surface area contributed by atoms with E-state index in [0.717, 1.165) is 0 Å². The number of nitrogens with one attached hydrogen (secondary N) is 1. The van der Waals surface area contributed by atoms with E-state index in [9.17, 15) is 4.79 Å². The van der Waals surface area contributed by atoms with Crippen molar-refractivity contribution in [1.82, 2.24) is 5.32 Å². The molecule has 0 aliphatic heterocycles. The minimum atomic E-state index is -1.00. The standard InChI is InChI=1S/C16H24ClNO3/c1-15(2,8-9-19)11-18-14(20)16(3,4)21-13-7-5-6-12(17)10-13/h5-7,10,19H,8-9,11H2,1-4H3,(H,18,20). The number of ether oxygens (including phenoxy) is 1. The highest BCUT2D eigenvalue weighted by molar-refractivity contribution is 6.30. The van der Waals surface area contributed by atoms with Gasteiger partial charge >= 0.3 is 0 Å². The molecule has 118 valence electrons. The molecule has 0 saturated carbocycles. The van der Waals surface area contributed by atoms with E-state index in [1.165, 1.54) is 0 Å². The zero-order chi connectivity index (χ0) is 16.1. The highest BCUT2D eigenvalue weighted by Gasteiger charge is 2.31. The van der Waals surface area contributed by atoms with E-state index >= 15 is 0 Å². The third-order valence-electron chi connectivity index (χ3n) is 3.23. The lowest BCUT2D eigenvalue weighted by atomic mass is 9.89. The molecule has 0 saturated heterocycles. The Morgan fingerprint density at radius 2 is 2.00 bits per heavy atom. The molecule has 21 heavy (non-hydrogen) atoms. The molecule has 0 atom stereocenters. The van der Waals surface area contributed by atoms with Gasteiger partial charge in [0.2, 0.25) is 0 Å². The summed E-state index contributed by atoms with van der Waals surface area (Å²) >= 11 is 5.90. The average Bonchev–Trinajstić information content (AvgIpc) is 2.35. The molecule has 2 N–H and O–H groups in total. The number of hydrogen-bond donors (Lipinski definition) is 2. The van der Waals surface area contributed by atoms with Crippen molar-refractivity contribution in [3.05, 3.63) is 29.3 Å². The van der Waals surface area contributed by atoms with Gasteiger partial charge in [0, 0.05) is 18.2 Å². The lowest BCUT2D eigenvalue weighted by molar-refractivity contribution is -0.134. The fraction of sp³-hybridized carbons (Fsp3) is 0.562. The number of aliphatic hydroxyl groups excluding tert-OH is 1. The Morgan fingerprint density at radius 3 is 2.57 bits per heavy atom. The first kappa shape index (κ1) is 17.8. The Labute approximate surface area is 131 Å². The van der Waals surface area contributed by atoms with Crippen LogP contribution in [0.15, 0.2) is 24.3 Å². The van der Waals surface area contributed by atoms with Crippen LogP contribution in [0, 0.1) is 5.41 Å². The lowest BCUT2D eigenvalue weighted by Gasteiger charge is -2.29. The SMILES string of the molecule is CC(C)(CCO)CNC(=O)C(C)(C)Oc1cccc(Cl)c1. The molecule has 4 nitrogen and oxygen atoms in total. The van der Waals surface area contributed by atoms with Crippen LogP contribution in [0.5, 0.6) is 5.75 Å². The van der Waals surface area contributed by atoms with Crippen LogP contribution in [0.3, 0.4) is 0 Å². The molecule has 0 radical (unpaired) electrons. The van der Waals surface area contributed by atoms with E-state index in [4.69, 9.17) is 21.4 Å². The van der Waals surface area contributed by atoms with E-state index in [-0.39, 0.29) is 17.9 Å². The van der Waals surface area contributed by atoms with E-state index in [1.807, 2.05) is 13.8 Å². The summed E-state index contributed by atoms with van der Waals surface area (Å²) in [7, 11) is 0. The Kier molecular flexibility index (Phi) is 6.05. The number of halogens is 1. The second-order valence-electron chi connectivity index (χ2n) is 6.39. The summed E-state index contributed by atoms with van der Waals surface area (Å²) in [5.74, 6) is 0.353. The van der Waals surface area contributed by atoms with E-state index < -0.39 is 5.60 Å². The number of hydrogen-bond acceptors (Lipinski definition) is 3. The summed E-state index contributed by atoms with van der Waals surface area (Å²) in [6.07, 6.45) is 0.628. The van der Waals surface area contributed by atoms with E-state index in [2.05, 4.69) is 5.32 Å². The van der Waals surface area contributed by atoms with Crippen LogP contribution in [0.4, 0.5) is 0 Å². The van der Waals surface area contributed by atoms with Gasteiger partial charge in [-0.05, 0) is 43.9 Å². The second kappa shape index (κ2) is 7.14. The maximum absolute atomic E-state index is 12.3. The maximum Gasteiger partial charge on any atom is 0.263 e. The van der Waals surface area contributed by atoms with Crippen molar-refractivity contribution in [1.29, 1.82) is 0 Å². The van der Waals surface area contributed by atoms with Crippen molar-refractivity contribution in [2.75, 3.05) is 13.2 Å². The quantitative estimate of drug-likeness (QED) is 0.813. The topological polar surface area (TPSA) is 58.6 Å². The summed E-state index contributed by atoms with van der Waals surface area (Å²) in [5, 5.41) is 12.4. The summed E-state index contributed by atoms with van der Waals surface area (Å²) in [6.45, 7) is 7.99.